The van der Waals surface area contributed by atoms with E-state index in [4.69, 9.17) is 0 Å². The van der Waals surface area contributed by atoms with E-state index in [1.54, 1.807) is 44.2 Å². The quantitative estimate of drug-likeness (QED) is 0.540. The predicted molar refractivity (Wildman–Crippen MR) is 133 cm³/mol. The van der Waals surface area contributed by atoms with Gasteiger partial charge in [0.2, 0.25) is 11.8 Å². The molecule has 1 saturated heterocycles. The molecule has 2 atom stereocenters. The minimum atomic E-state index is -2.78. The molecule has 7 nitrogen and oxygen atoms in total. The molecule has 1 N–H and O–H groups in total. The molecule has 1 aliphatic carbocycles. The lowest BCUT2D eigenvalue weighted by atomic mass is 9.87. The number of rotatable bonds is 9. The molecule has 3 rings (SSSR count). The van der Waals surface area contributed by atoms with Gasteiger partial charge < -0.3 is 15.1 Å². The maximum absolute atomic E-state index is 14.1. The normalized spacial score (nSPS) is 20.7. The van der Waals surface area contributed by atoms with Crippen molar-refractivity contribution in [2.24, 2.45) is 0 Å². The first-order valence-corrected chi connectivity index (χ1v) is 11.8. The van der Waals surface area contributed by atoms with Crippen LogP contribution in [0.2, 0.25) is 0 Å². The SMILES string of the molecule is C=CCN1C(=O)CCC1C(=O)N(c1cccc(N(C)C)c1)C(C(=O)NC1CC(F)(F)C1)C(C)=CC. The van der Waals surface area contributed by atoms with Crippen molar-refractivity contribution in [3.05, 3.63) is 48.6 Å². The Labute approximate surface area is 205 Å². The second-order valence-corrected chi connectivity index (χ2v) is 9.42. The molecule has 0 aromatic heterocycles. The third-order valence-electron chi connectivity index (χ3n) is 6.63. The summed E-state index contributed by atoms with van der Waals surface area (Å²) in [6.45, 7) is 7.40. The fourth-order valence-corrected chi connectivity index (χ4v) is 4.57. The van der Waals surface area contributed by atoms with Crippen molar-refractivity contribution in [2.75, 3.05) is 30.4 Å². The Morgan fingerprint density at radius 3 is 2.51 bits per heavy atom. The van der Waals surface area contributed by atoms with Crippen LogP contribution in [0.3, 0.4) is 0 Å². The van der Waals surface area contributed by atoms with Gasteiger partial charge in [-0.05, 0) is 44.0 Å². The first-order valence-electron chi connectivity index (χ1n) is 11.8. The number of alkyl halides is 2. The van der Waals surface area contributed by atoms with E-state index < -0.39 is 48.7 Å². The number of nitrogens with one attached hydrogen (secondary N) is 1. The summed E-state index contributed by atoms with van der Waals surface area (Å²) in [5.74, 6) is -3.85. The van der Waals surface area contributed by atoms with Crippen LogP contribution in [-0.4, -0.2) is 67.3 Å². The van der Waals surface area contributed by atoms with Gasteiger partial charge in [0.15, 0.2) is 0 Å². The third-order valence-corrected chi connectivity index (χ3v) is 6.63. The number of nitrogens with zero attached hydrogens (tertiary/aromatic N) is 3. The zero-order valence-electron chi connectivity index (χ0n) is 20.8. The molecular formula is C26H34F2N4O3. The lowest BCUT2D eigenvalue weighted by Crippen LogP contribution is -2.59. The van der Waals surface area contributed by atoms with E-state index >= 15 is 0 Å². The van der Waals surface area contributed by atoms with E-state index in [0.717, 1.165) is 5.69 Å². The summed E-state index contributed by atoms with van der Waals surface area (Å²) in [5.41, 5.74) is 1.90. The lowest BCUT2D eigenvalue weighted by Gasteiger charge is -2.39. The first kappa shape index (κ1) is 26.4. The fraction of sp³-hybridized carbons (Fsp3) is 0.500. The molecule has 0 radical (unpaired) electrons. The maximum Gasteiger partial charge on any atom is 0.252 e. The van der Waals surface area contributed by atoms with E-state index in [2.05, 4.69) is 11.9 Å². The number of likely N-dealkylation sites (tertiary alicyclic amines) is 1. The van der Waals surface area contributed by atoms with Gasteiger partial charge in [-0.2, -0.15) is 0 Å². The van der Waals surface area contributed by atoms with Crippen molar-refractivity contribution in [3.8, 4) is 0 Å². The maximum atomic E-state index is 14.1. The summed E-state index contributed by atoms with van der Waals surface area (Å²) in [4.78, 5) is 44.8. The highest BCUT2D eigenvalue weighted by Gasteiger charge is 2.48. The Balaban J connectivity index is 2.04. The van der Waals surface area contributed by atoms with Crippen molar-refractivity contribution in [2.45, 2.75) is 63.6 Å². The summed E-state index contributed by atoms with van der Waals surface area (Å²) in [5, 5.41) is 2.70. The highest BCUT2D eigenvalue weighted by Crippen LogP contribution is 2.38. The van der Waals surface area contributed by atoms with Gasteiger partial charge in [0, 0.05) is 57.3 Å². The van der Waals surface area contributed by atoms with Gasteiger partial charge in [-0.1, -0.05) is 18.2 Å². The second-order valence-electron chi connectivity index (χ2n) is 9.42. The van der Waals surface area contributed by atoms with Crippen molar-refractivity contribution in [1.82, 2.24) is 10.2 Å². The molecule has 9 heteroatoms. The molecule has 3 amide bonds. The average molecular weight is 489 g/mol. The summed E-state index contributed by atoms with van der Waals surface area (Å²) in [6, 6.07) is 4.74. The van der Waals surface area contributed by atoms with Crippen molar-refractivity contribution in [1.29, 1.82) is 0 Å². The minimum Gasteiger partial charge on any atom is -0.378 e. The molecule has 0 bridgehead atoms. The van der Waals surface area contributed by atoms with Gasteiger partial charge in [-0.3, -0.25) is 19.3 Å². The summed E-state index contributed by atoms with van der Waals surface area (Å²) >= 11 is 0. The number of halogens is 2. The highest BCUT2D eigenvalue weighted by molar-refractivity contribution is 6.07. The molecule has 2 fully saturated rings. The lowest BCUT2D eigenvalue weighted by molar-refractivity contribution is -0.135. The van der Waals surface area contributed by atoms with Crippen LogP contribution < -0.4 is 15.1 Å². The Bertz CT molecular complexity index is 1020. The van der Waals surface area contributed by atoms with Crippen molar-refractivity contribution >= 4 is 29.1 Å². The highest BCUT2D eigenvalue weighted by atomic mass is 19.3. The number of anilines is 2. The number of allylic oxidation sites excluding steroid dienone is 1. The van der Waals surface area contributed by atoms with Gasteiger partial charge in [-0.25, -0.2) is 8.78 Å². The minimum absolute atomic E-state index is 0.148. The number of hydrogen-bond acceptors (Lipinski definition) is 4. The van der Waals surface area contributed by atoms with E-state index in [-0.39, 0.29) is 18.9 Å². The number of benzene rings is 1. The molecule has 0 spiro atoms. The molecule has 1 aromatic rings. The third kappa shape index (κ3) is 5.71. The smallest absolute Gasteiger partial charge is 0.252 e. The molecule has 1 heterocycles. The van der Waals surface area contributed by atoms with Crippen LogP contribution in [0.1, 0.15) is 39.5 Å². The Hall–Kier alpha value is -3.23. The van der Waals surface area contributed by atoms with E-state index in [1.165, 1.54) is 9.80 Å². The molecular weight excluding hydrogens is 454 g/mol. The number of carbonyl (C=O) groups excluding carboxylic acids is 3. The summed E-state index contributed by atoms with van der Waals surface area (Å²) < 4.78 is 26.8. The van der Waals surface area contributed by atoms with Crippen LogP contribution in [0.15, 0.2) is 48.6 Å². The molecule has 1 aromatic carbocycles. The Morgan fingerprint density at radius 1 is 1.29 bits per heavy atom. The van der Waals surface area contributed by atoms with E-state index in [9.17, 15) is 23.2 Å². The zero-order chi connectivity index (χ0) is 25.9. The van der Waals surface area contributed by atoms with E-state index in [1.807, 2.05) is 25.1 Å². The summed E-state index contributed by atoms with van der Waals surface area (Å²) in [7, 11) is 3.73. The van der Waals surface area contributed by atoms with Gasteiger partial charge in [-0.15, -0.1) is 6.58 Å². The number of carbonyl (C=O) groups is 3. The van der Waals surface area contributed by atoms with Gasteiger partial charge in [0.25, 0.3) is 11.8 Å². The van der Waals surface area contributed by atoms with Crippen LogP contribution in [0.25, 0.3) is 0 Å². The average Bonchev–Trinajstić information content (AvgIpc) is 3.15. The summed E-state index contributed by atoms with van der Waals surface area (Å²) in [6.07, 6.45) is 3.01. The monoisotopic (exact) mass is 488 g/mol. The molecule has 1 aliphatic heterocycles. The van der Waals surface area contributed by atoms with Gasteiger partial charge in [0.1, 0.15) is 12.1 Å². The Kier molecular flexibility index (Phi) is 7.97. The van der Waals surface area contributed by atoms with E-state index in [0.29, 0.717) is 17.7 Å². The molecule has 1 saturated carbocycles. The number of hydrogen-bond donors (Lipinski definition) is 1. The van der Waals surface area contributed by atoms with Crippen molar-refractivity contribution in [3.63, 3.8) is 0 Å². The van der Waals surface area contributed by atoms with Crippen LogP contribution in [0.5, 0.6) is 0 Å². The molecule has 35 heavy (non-hydrogen) atoms. The van der Waals surface area contributed by atoms with Gasteiger partial charge in [0.05, 0.1) is 0 Å². The predicted octanol–water partition coefficient (Wildman–Crippen LogP) is 3.51. The van der Waals surface area contributed by atoms with Crippen LogP contribution in [0.4, 0.5) is 20.2 Å². The van der Waals surface area contributed by atoms with Crippen LogP contribution in [0, 0.1) is 0 Å². The first-order chi connectivity index (χ1) is 16.5. The van der Waals surface area contributed by atoms with Crippen LogP contribution >= 0.6 is 0 Å². The topological polar surface area (TPSA) is 73.0 Å². The fourth-order valence-electron chi connectivity index (χ4n) is 4.57. The van der Waals surface area contributed by atoms with Crippen molar-refractivity contribution < 1.29 is 23.2 Å². The molecule has 190 valence electrons. The largest absolute Gasteiger partial charge is 0.378 e. The molecule has 2 unspecified atom stereocenters. The standard InChI is InChI=1S/C26H34F2N4O3/c1-6-13-31-21(11-12-22(31)33)25(35)32(20-10-8-9-19(14-20)30(4)5)23(17(3)7-2)24(34)29-18-15-26(27,28)16-18/h6-10,14,18,21,23H,1,11-13,15-16H2,2-5H3,(H,29,34). The van der Waals surface area contributed by atoms with Crippen LogP contribution in [-0.2, 0) is 14.4 Å². The number of amides is 3. The zero-order valence-corrected chi connectivity index (χ0v) is 20.8. The van der Waals surface area contributed by atoms with Gasteiger partial charge >= 0.3 is 0 Å². The Morgan fingerprint density at radius 2 is 1.94 bits per heavy atom. The molecule has 2 aliphatic rings. The second kappa shape index (κ2) is 10.6.